The van der Waals surface area contributed by atoms with Crippen LogP contribution < -0.4 is 0 Å². The predicted octanol–water partition coefficient (Wildman–Crippen LogP) is 4.56. The Morgan fingerprint density at radius 1 is 1.04 bits per heavy atom. The van der Waals surface area contributed by atoms with Gasteiger partial charge in [-0.15, -0.1) is 0 Å². The van der Waals surface area contributed by atoms with E-state index in [2.05, 4.69) is 21.9 Å². The maximum absolute atomic E-state index is 13.0. The van der Waals surface area contributed by atoms with Crippen LogP contribution in [0.4, 0.5) is 0 Å². The molecule has 0 spiro atoms. The molecular formula is C23H31ClN2O. The first-order chi connectivity index (χ1) is 13.2. The third-order valence-electron chi connectivity index (χ3n) is 7.57. The number of fused-ring (bicyclic) bond motifs is 1. The fourth-order valence-corrected chi connectivity index (χ4v) is 6.00. The lowest BCUT2D eigenvalue weighted by Gasteiger charge is -2.54. The first-order valence-electron chi connectivity index (χ1n) is 11.0. The Morgan fingerprint density at radius 2 is 1.81 bits per heavy atom. The average molecular weight is 387 g/mol. The van der Waals surface area contributed by atoms with E-state index in [1.807, 2.05) is 12.1 Å². The lowest BCUT2D eigenvalue weighted by molar-refractivity contribution is -0.140. The molecule has 2 heterocycles. The van der Waals surface area contributed by atoms with E-state index in [1.54, 1.807) is 0 Å². The highest BCUT2D eigenvalue weighted by molar-refractivity contribution is 6.30. The molecule has 4 atom stereocenters. The number of carbonyl (C=O) groups excluding carboxylic acids is 1. The normalized spacial score (nSPS) is 34.0. The maximum Gasteiger partial charge on any atom is 0.226 e. The second kappa shape index (κ2) is 7.40. The lowest BCUT2D eigenvalue weighted by atomic mass is 9.80. The third-order valence-corrected chi connectivity index (χ3v) is 7.82. The molecule has 0 bridgehead atoms. The van der Waals surface area contributed by atoms with Gasteiger partial charge in [0.25, 0.3) is 0 Å². The molecular weight excluding hydrogens is 356 g/mol. The van der Waals surface area contributed by atoms with E-state index < -0.39 is 0 Å². The van der Waals surface area contributed by atoms with E-state index in [4.69, 9.17) is 11.6 Å². The molecule has 2 saturated heterocycles. The van der Waals surface area contributed by atoms with Crippen molar-refractivity contribution in [3.63, 3.8) is 0 Å². The molecule has 0 aromatic heterocycles. The maximum atomic E-state index is 13.0. The first kappa shape index (κ1) is 18.0. The molecule has 2 aliphatic heterocycles. The Hall–Kier alpha value is -1.06. The number of amides is 1. The number of likely N-dealkylation sites (tertiary alicyclic amines) is 2. The van der Waals surface area contributed by atoms with Crippen molar-refractivity contribution in [1.29, 1.82) is 0 Å². The quantitative estimate of drug-likeness (QED) is 0.757. The minimum Gasteiger partial charge on any atom is -0.342 e. The van der Waals surface area contributed by atoms with Crippen LogP contribution in [0, 0.1) is 17.8 Å². The molecule has 0 radical (unpaired) electrons. The van der Waals surface area contributed by atoms with Gasteiger partial charge in [0.15, 0.2) is 0 Å². The zero-order valence-electron chi connectivity index (χ0n) is 16.2. The van der Waals surface area contributed by atoms with Crippen LogP contribution in [0.25, 0.3) is 0 Å². The van der Waals surface area contributed by atoms with Crippen molar-refractivity contribution < 1.29 is 4.79 Å². The number of rotatable bonds is 4. The summed E-state index contributed by atoms with van der Waals surface area (Å²) >= 11 is 5.99. The molecule has 27 heavy (non-hydrogen) atoms. The van der Waals surface area contributed by atoms with Crippen LogP contribution in [-0.2, 0) is 4.79 Å². The molecule has 1 amide bonds. The summed E-state index contributed by atoms with van der Waals surface area (Å²) in [5, 5.41) is 0.770. The first-order valence-corrected chi connectivity index (χ1v) is 11.3. The Balaban J connectivity index is 1.11. The summed E-state index contributed by atoms with van der Waals surface area (Å²) in [5.74, 6) is 2.68. The van der Waals surface area contributed by atoms with E-state index in [-0.39, 0.29) is 5.92 Å². The fourth-order valence-electron chi connectivity index (χ4n) is 5.87. The van der Waals surface area contributed by atoms with Gasteiger partial charge in [-0.2, -0.15) is 0 Å². The molecule has 0 unspecified atom stereocenters. The SMILES string of the molecule is O=C([C@@H]1C[C@@H]1c1ccc(Cl)cc1)N1CC[C@@H]2[C@H](C1)CN2CC1CCCCC1. The molecule has 2 aliphatic carbocycles. The molecule has 3 nitrogen and oxygen atoms in total. The van der Waals surface area contributed by atoms with Crippen molar-refractivity contribution >= 4 is 17.5 Å². The van der Waals surface area contributed by atoms with E-state index >= 15 is 0 Å². The van der Waals surface area contributed by atoms with Gasteiger partial charge in [-0.3, -0.25) is 9.69 Å². The summed E-state index contributed by atoms with van der Waals surface area (Å²) in [5.41, 5.74) is 1.27. The smallest absolute Gasteiger partial charge is 0.226 e. The van der Waals surface area contributed by atoms with Crippen molar-refractivity contribution in [2.75, 3.05) is 26.2 Å². The molecule has 4 aliphatic rings. The monoisotopic (exact) mass is 386 g/mol. The van der Waals surface area contributed by atoms with Gasteiger partial charge in [0.1, 0.15) is 0 Å². The highest BCUT2D eigenvalue weighted by Gasteiger charge is 2.49. The zero-order valence-corrected chi connectivity index (χ0v) is 16.9. The van der Waals surface area contributed by atoms with Gasteiger partial charge < -0.3 is 4.90 Å². The topological polar surface area (TPSA) is 23.6 Å². The van der Waals surface area contributed by atoms with Crippen LogP contribution in [0.3, 0.4) is 0 Å². The number of halogens is 1. The van der Waals surface area contributed by atoms with Gasteiger partial charge in [-0.05, 0) is 55.2 Å². The van der Waals surface area contributed by atoms with E-state index in [0.29, 0.717) is 11.8 Å². The number of piperidine rings is 1. The Kier molecular flexibility index (Phi) is 4.94. The lowest BCUT2D eigenvalue weighted by Crippen LogP contribution is -2.64. The number of benzene rings is 1. The molecule has 5 rings (SSSR count). The molecule has 0 N–H and O–H groups in total. The summed E-state index contributed by atoms with van der Waals surface area (Å²) in [6, 6.07) is 8.81. The van der Waals surface area contributed by atoms with Crippen molar-refractivity contribution in [2.45, 2.75) is 56.9 Å². The van der Waals surface area contributed by atoms with Gasteiger partial charge in [0.2, 0.25) is 5.91 Å². The number of carbonyl (C=O) groups is 1. The van der Waals surface area contributed by atoms with Gasteiger partial charge in [0, 0.05) is 49.1 Å². The van der Waals surface area contributed by atoms with Crippen LogP contribution in [-0.4, -0.2) is 47.9 Å². The van der Waals surface area contributed by atoms with E-state index in [0.717, 1.165) is 42.4 Å². The van der Waals surface area contributed by atoms with Gasteiger partial charge >= 0.3 is 0 Å². The summed E-state index contributed by atoms with van der Waals surface area (Å²) in [4.78, 5) is 17.9. The Morgan fingerprint density at radius 3 is 2.56 bits per heavy atom. The number of hydrogen-bond donors (Lipinski definition) is 0. The van der Waals surface area contributed by atoms with Crippen LogP contribution in [0.5, 0.6) is 0 Å². The summed E-state index contributed by atoms with van der Waals surface area (Å²) < 4.78 is 0. The standard InChI is InChI=1S/C23H31ClN2O/c24-19-8-6-17(7-9-19)20-12-21(20)23(27)25-11-10-22-18(14-25)15-26(22)13-16-4-2-1-3-5-16/h6-9,16,18,20-22H,1-5,10-15H2/t18-,20-,21-,22-/m1/s1. The van der Waals surface area contributed by atoms with Crippen molar-refractivity contribution in [1.82, 2.24) is 9.80 Å². The largest absolute Gasteiger partial charge is 0.342 e. The second-order valence-electron chi connectivity index (χ2n) is 9.36. The summed E-state index contributed by atoms with van der Waals surface area (Å²) in [7, 11) is 0. The average Bonchev–Trinajstić information content (AvgIpc) is 3.47. The third kappa shape index (κ3) is 3.65. The molecule has 4 fully saturated rings. The minimum atomic E-state index is 0.209. The molecule has 4 heteroatoms. The van der Waals surface area contributed by atoms with Crippen LogP contribution in [0.15, 0.2) is 24.3 Å². The number of nitrogens with zero attached hydrogens (tertiary/aromatic N) is 2. The van der Waals surface area contributed by atoms with Crippen LogP contribution >= 0.6 is 11.6 Å². The van der Waals surface area contributed by atoms with Crippen LogP contribution in [0.2, 0.25) is 5.02 Å². The minimum absolute atomic E-state index is 0.209. The van der Waals surface area contributed by atoms with Crippen molar-refractivity contribution in [3.8, 4) is 0 Å². The highest BCUT2D eigenvalue weighted by atomic mass is 35.5. The Bertz CT molecular complexity index is 684. The van der Waals surface area contributed by atoms with Gasteiger partial charge in [-0.1, -0.05) is 43.0 Å². The summed E-state index contributed by atoms with van der Waals surface area (Å²) in [6.45, 7) is 4.49. The number of hydrogen-bond acceptors (Lipinski definition) is 2. The fraction of sp³-hybridized carbons (Fsp3) is 0.696. The van der Waals surface area contributed by atoms with E-state index in [1.165, 1.54) is 57.2 Å². The molecule has 146 valence electrons. The zero-order chi connectivity index (χ0) is 18.4. The van der Waals surface area contributed by atoms with Crippen LogP contribution in [0.1, 0.15) is 56.4 Å². The molecule has 1 aromatic rings. The highest BCUT2D eigenvalue weighted by Crippen LogP contribution is 2.49. The summed E-state index contributed by atoms with van der Waals surface area (Å²) in [6.07, 6.45) is 9.38. The van der Waals surface area contributed by atoms with Crippen molar-refractivity contribution in [2.24, 2.45) is 17.8 Å². The van der Waals surface area contributed by atoms with Gasteiger partial charge in [0.05, 0.1) is 0 Å². The van der Waals surface area contributed by atoms with E-state index in [9.17, 15) is 4.79 Å². The molecule has 1 aromatic carbocycles. The van der Waals surface area contributed by atoms with Gasteiger partial charge in [-0.25, -0.2) is 0 Å². The Labute approximate surface area is 168 Å². The predicted molar refractivity (Wildman–Crippen MR) is 109 cm³/mol. The van der Waals surface area contributed by atoms with Crippen molar-refractivity contribution in [3.05, 3.63) is 34.9 Å². The second-order valence-corrected chi connectivity index (χ2v) is 9.79. The molecule has 2 saturated carbocycles.